The van der Waals surface area contributed by atoms with Gasteiger partial charge in [0.2, 0.25) is 0 Å². The van der Waals surface area contributed by atoms with Crippen molar-refractivity contribution in [3.8, 4) is 5.75 Å². The topological polar surface area (TPSA) is 38.7 Å². The Morgan fingerprint density at radius 1 is 1.59 bits per heavy atom. The molecule has 94 valence electrons. The smallest absolute Gasteiger partial charge is 0.135 e. The fraction of sp³-hybridized carbons (Fsp3) is 0.538. The molecule has 2 rings (SSSR count). The van der Waals surface area contributed by atoms with Gasteiger partial charge in [-0.25, -0.2) is 0 Å². The van der Waals surface area contributed by atoms with E-state index < -0.39 is 11.7 Å². The number of aliphatic hydroxyl groups is 1. The van der Waals surface area contributed by atoms with Crippen LogP contribution in [0.25, 0.3) is 0 Å². The zero-order valence-electron chi connectivity index (χ0n) is 10.1. The lowest BCUT2D eigenvalue weighted by molar-refractivity contribution is -0.0626. The second kappa shape index (κ2) is 4.84. The first-order chi connectivity index (χ1) is 8.10. The Morgan fingerprint density at radius 2 is 2.35 bits per heavy atom. The van der Waals surface area contributed by atoms with Crippen LogP contribution in [-0.2, 0) is 4.74 Å². The van der Waals surface area contributed by atoms with Crippen LogP contribution in [0.15, 0.2) is 18.2 Å². The molecule has 3 nitrogen and oxygen atoms in total. The van der Waals surface area contributed by atoms with Crippen LogP contribution >= 0.6 is 11.6 Å². The maximum absolute atomic E-state index is 10.2. The molecule has 1 aliphatic heterocycles. The molecule has 0 amide bonds. The summed E-state index contributed by atoms with van der Waals surface area (Å²) in [4.78, 5) is 0. The third-order valence-corrected chi connectivity index (χ3v) is 3.51. The maximum Gasteiger partial charge on any atom is 0.135 e. The van der Waals surface area contributed by atoms with Crippen molar-refractivity contribution in [3.05, 3.63) is 28.8 Å². The molecule has 1 N–H and O–H groups in total. The Bertz CT molecular complexity index is 408. The number of rotatable bonds is 3. The van der Waals surface area contributed by atoms with Crippen molar-refractivity contribution in [1.82, 2.24) is 0 Å². The molecule has 4 heteroatoms. The third-order valence-electron chi connectivity index (χ3n) is 3.27. The van der Waals surface area contributed by atoms with Crippen molar-refractivity contribution >= 4 is 11.6 Å². The lowest BCUT2D eigenvalue weighted by Crippen LogP contribution is -2.44. The second-order valence-electron chi connectivity index (χ2n) is 4.47. The van der Waals surface area contributed by atoms with Gasteiger partial charge in [-0.05, 0) is 24.6 Å². The summed E-state index contributed by atoms with van der Waals surface area (Å²) in [7, 11) is 1.64. The van der Waals surface area contributed by atoms with Gasteiger partial charge in [0, 0.05) is 24.1 Å². The average Bonchev–Trinajstić information content (AvgIpc) is 2.31. The predicted molar refractivity (Wildman–Crippen MR) is 66.6 cm³/mol. The first-order valence-electron chi connectivity index (χ1n) is 5.76. The summed E-state index contributed by atoms with van der Waals surface area (Å²) in [5.41, 5.74) is 0.326. The summed E-state index contributed by atoms with van der Waals surface area (Å²) in [6, 6.07) is 5.33. The molecule has 0 aromatic heterocycles. The second-order valence-corrected chi connectivity index (χ2v) is 4.91. The van der Waals surface area contributed by atoms with E-state index in [9.17, 15) is 5.11 Å². The Morgan fingerprint density at radius 3 is 3.00 bits per heavy atom. The fourth-order valence-electron chi connectivity index (χ4n) is 2.28. The number of aliphatic hydroxyl groups excluding tert-OH is 1. The molecule has 0 aliphatic carbocycles. The Balaban J connectivity index is 2.35. The summed E-state index contributed by atoms with van der Waals surface area (Å²) in [6.45, 7) is 2.51. The minimum Gasteiger partial charge on any atom is -0.484 e. The number of hydrogen-bond acceptors (Lipinski definition) is 3. The van der Waals surface area contributed by atoms with Crippen LogP contribution < -0.4 is 4.74 Å². The number of hydrogen-bond donors (Lipinski definition) is 1. The molecule has 0 saturated heterocycles. The van der Waals surface area contributed by atoms with Crippen LogP contribution in [0.5, 0.6) is 5.75 Å². The SMILES string of the molecule is CCC1(COC)CC(O)c2cc(Cl)ccc2O1. The number of methoxy groups -OCH3 is 1. The van der Waals surface area contributed by atoms with Crippen LogP contribution in [0.3, 0.4) is 0 Å². The molecule has 0 radical (unpaired) electrons. The van der Waals surface area contributed by atoms with E-state index in [4.69, 9.17) is 21.1 Å². The summed E-state index contributed by atoms with van der Waals surface area (Å²) in [5, 5.41) is 10.8. The van der Waals surface area contributed by atoms with Gasteiger partial charge in [-0.2, -0.15) is 0 Å². The Labute approximate surface area is 106 Å². The van der Waals surface area contributed by atoms with Crippen molar-refractivity contribution in [2.24, 2.45) is 0 Å². The zero-order chi connectivity index (χ0) is 12.5. The monoisotopic (exact) mass is 256 g/mol. The predicted octanol–water partition coefficient (Wildman–Crippen LogP) is 2.95. The van der Waals surface area contributed by atoms with E-state index in [1.54, 1.807) is 25.3 Å². The van der Waals surface area contributed by atoms with Crippen molar-refractivity contribution in [3.63, 3.8) is 0 Å². The first-order valence-corrected chi connectivity index (χ1v) is 6.13. The van der Waals surface area contributed by atoms with Gasteiger partial charge in [0.25, 0.3) is 0 Å². The highest BCUT2D eigenvalue weighted by Gasteiger charge is 2.39. The van der Waals surface area contributed by atoms with E-state index in [2.05, 4.69) is 0 Å². The van der Waals surface area contributed by atoms with Gasteiger partial charge in [0.1, 0.15) is 11.4 Å². The summed E-state index contributed by atoms with van der Waals surface area (Å²) in [6.07, 6.45) is 0.775. The van der Waals surface area contributed by atoms with Gasteiger partial charge in [-0.3, -0.25) is 0 Å². The summed E-state index contributed by atoms with van der Waals surface area (Å²) < 4.78 is 11.2. The number of halogens is 1. The molecular weight excluding hydrogens is 240 g/mol. The van der Waals surface area contributed by atoms with Crippen molar-refractivity contribution in [2.75, 3.05) is 13.7 Å². The van der Waals surface area contributed by atoms with E-state index in [1.807, 2.05) is 6.92 Å². The molecule has 0 fully saturated rings. The van der Waals surface area contributed by atoms with Gasteiger partial charge >= 0.3 is 0 Å². The number of fused-ring (bicyclic) bond motifs is 1. The Hall–Kier alpha value is -0.770. The molecule has 1 aliphatic rings. The van der Waals surface area contributed by atoms with Crippen molar-refractivity contribution in [2.45, 2.75) is 31.5 Å². The standard InChI is InChI=1S/C13H17ClO3/c1-3-13(8-16-2)7-11(15)10-6-9(14)4-5-12(10)17-13/h4-6,11,15H,3,7-8H2,1-2H3. The Kier molecular flexibility index (Phi) is 3.61. The summed E-state index contributed by atoms with van der Waals surface area (Å²) >= 11 is 5.92. The van der Waals surface area contributed by atoms with Crippen LogP contribution in [0, 0.1) is 0 Å². The molecule has 2 atom stereocenters. The van der Waals surface area contributed by atoms with Crippen LogP contribution in [0.4, 0.5) is 0 Å². The van der Waals surface area contributed by atoms with Gasteiger partial charge in [0.05, 0.1) is 12.7 Å². The van der Waals surface area contributed by atoms with Gasteiger partial charge < -0.3 is 14.6 Å². The third kappa shape index (κ3) is 2.41. The van der Waals surface area contributed by atoms with Crippen molar-refractivity contribution in [1.29, 1.82) is 0 Å². The minimum absolute atomic E-state index is 0.436. The molecule has 0 spiro atoms. The minimum atomic E-state index is -0.549. The lowest BCUT2D eigenvalue weighted by Gasteiger charge is -2.39. The highest BCUT2D eigenvalue weighted by molar-refractivity contribution is 6.30. The molecule has 1 aromatic rings. The molecule has 0 saturated carbocycles. The lowest BCUT2D eigenvalue weighted by atomic mass is 9.87. The summed E-state index contributed by atoms with van der Waals surface area (Å²) in [5.74, 6) is 0.701. The van der Waals surface area contributed by atoms with Gasteiger partial charge in [0.15, 0.2) is 0 Å². The average molecular weight is 257 g/mol. The van der Waals surface area contributed by atoms with E-state index in [1.165, 1.54) is 0 Å². The van der Waals surface area contributed by atoms with E-state index >= 15 is 0 Å². The van der Waals surface area contributed by atoms with Crippen LogP contribution in [-0.4, -0.2) is 24.4 Å². The number of benzene rings is 1. The normalized spacial score (nSPS) is 27.4. The molecule has 17 heavy (non-hydrogen) atoms. The first kappa shape index (κ1) is 12.7. The molecular formula is C13H17ClO3. The largest absolute Gasteiger partial charge is 0.484 e. The highest BCUT2D eigenvalue weighted by Crippen LogP contribution is 2.42. The maximum atomic E-state index is 10.2. The van der Waals surface area contributed by atoms with Crippen LogP contribution in [0.1, 0.15) is 31.4 Å². The van der Waals surface area contributed by atoms with Gasteiger partial charge in [-0.15, -0.1) is 0 Å². The quantitative estimate of drug-likeness (QED) is 0.904. The molecule has 2 unspecified atom stereocenters. The molecule has 0 bridgehead atoms. The molecule has 1 aromatic carbocycles. The highest BCUT2D eigenvalue weighted by atomic mass is 35.5. The zero-order valence-corrected chi connectivity index (χ0v) is 10.8. The van der Waals surface area contributed by atoms with Crippen LogP contribution in [0.2, 0.25) is 5.02 Å². The van der Waals surface area contributed by atoms with E-state index in [-0.39, 0.29) is 0 Å². The van der Waals surface area contributed by atoms with Crippen molar-refractivity contribution < 1.29 is 14.6 Å². The van der Waals surface area contributed by atoms with E-state index in [0.29, 0.717) is 23.8 Å². The molecule has 1 heterocycles. The van der Waals surface area contributed by atoms with Gasteiger partial charge in [-0.1, -0.05) is 18.5 Å². The van der Waals surface area contributed by atoms with E-state index in [0.717, 1.165) is 12.0 Å². The number of ether oxygens (including phenoxy) is 2. The fourth-order valence-corrected chi connectivity index (χ4v) is 2.46.